The van der Waals surface area contributed by atoms with E-state index in [0.29, 0.717) is 23.6 Å². The smallest absolute Gasteiger partial charge is 0.251 e. The molecule has 1 N–H and O–H groups in total. The molecule has 1 aliphatic rings. The first-order chi connectivity index (χ1) is 13.7. The van der Waals surface area contributed by atoms with Crippen molar-refractivity contribution in [2.24, 2.45) is 0 Å². The Labute approximate surface area is 166 Å². The first-order valence-electron chi connectivity index (χ1n) is 9.60. The summed E-state index contributed by atoms with van der Waals surface area (Å²) in [5.41, 5.74) is 1.75. The van der Waals surface area contributed by atoms with Gasteiger partial charge in [-0.05, 0) is 24.1 Å². The number of morpholine rings is 1. The number of nitrogens with zero attached hydrogens (tertiary/aromatic N) is 1. The van der Waals surface area contributed by atoms with Crippen LogP contribution in [0.15, 0.2) is 48.5 Å². The highest BCUT2D eigenvalue weighted by Crippen LogP contribution is 2.23. The third-order valence-electron chi connectivity index (χ3n) is 4.87. The molecule has 1 fully saturated rings. The van der Waals surface area contributed by atoms with Gasteiger partial charge in [-0.2, -0.15) is 0 Å². The van der Waals surface area contributed by atoms with E-state index in [1.54, 1.807) is 32.4 Å². The molecule has 0 radical (unpaired) electrons. The van der Waals surface area contributed by atoms with Gasteiger partial charge in [-0.3, -0.25) is 9.69 Å². The second-order valence-electron chi connectivity index (χ2n) is 6.78. The largest absolute Gasteiger partial charge is 0.497 e. The molecule has 6 heteroatoms. The van der Waals surface area contributed by atoms with Gasteiger partial charge in [0.15, 0.2) is 0 Å². The van der Waals surface area contributed by atoms with Crippen LogP contribution in [-0.4, -0.2) is 57.8 Å². The van der Waals surface area contributed by atoms with E-state index < -0.39 is 0 Å². The van der Waals surface area contributed by atoms with Crippen LogP contribution in [0.2, 0.25) is 0 Å². The van der Waals surface area contributed by atoms with Gasteiger partial charge in [0.25, 0.3) is 5.91 Å². The van der Waals surface area contributed by atoms with Crippen molar-refractivity contribution in [1.29, 1.82) is 0 Å². The molecular weight excluding hydrogens is 356 g/mol. The summed E-state index contributed by atoms with van der Waals surface area (Å²) in [4.78, 5) is 14.8. The summed E-state index contributed by atoms with van der Waals surface area (Å²) in [7, 11) is 3.14. The lowest BCUT2D eigenvalue weighted by molar-refractivity contribution is -0.0301. The van der Waals surface area contributed by atoms with Crippen LogP contribution in [0.4, 0.5) is 0 Å². The highest BCUT2D eigenvalue weighted by Gasteiger charge is 2.21. The van der Waals surface area contributed by atoms with Crippen LogP contribution >= 0.6 is 0 Å². The molecule has 0 spiro atoms. The molecule has 0 unspecified atom stereocenters. The Kier molecular flexibility index (Phi) is 7.28. The Morgan fingerprint density at radius 2 is 1.86 bits per heavy atom. The Morgan fingerprint density at radius 1 is 1.14 bits per heavy atom. The molecule has 150 valence electrons. The fourth-order valence-electron chi connectivity index (χ4n) is 3.32. The Hall–Kier alpha value is -2.57. The minimum atomic E-state index is -0.124. The summed E-state index contributed by atoms with van der Waals surface area (Å²) in [6.07, 6.45) is 1.00. The molecule has 2 aromatic carbocycles. The zero-order valence-electron chi connectivity index (χ0n) is 16.5. The Balaban J connectivity index is 1.45. The van der Waals surface area contributed by atoms with Gasteiger partial charge in [-0.1, -0.05) is 30.3 Å². The molecule has 1 atom stereocenters. The maximum absolute atomic E-state index is 12.4. The summed E-state index contributed by atoms with van der Waals surface area (Å²) in [5.74, 6) is 1.08. The average molecular weight is 384 g/mol. The topological polar surface area (TPSA) is 60.0 Å². The normalized spacial score (nSPS) is 17.1. The Bertz CT molecular complexity index is 744. The van der Waals surface area contributed by atoms with E-state index in [1.807, 2.05) is 18.2 Å². The van der Waals surface area contributed by atoms with Gasteiger partial charge in [0, 0.05) is 37.8 Å². The van der Waals surface area contributed by atoms with Gasteiger partial charge in [-0.25, -0.2) is 0 Å². The Morgan fingerprint density at radius 3 is 2.54 bits per heavy atom. The van der Waals surface area contributed by atoms with Gasteiger partial charge in [0.05, 0.1) is 26.9 Å². The maximum atomic E-state index is 12.4. The maximum Gasteiger partial charge on any atom is 0.251 e. The minimum absolute atomic E-state index is 0.119. The van der Waals surface area contributed by atoms with E-state index in [9.17, 15) is 4.79 Å². The molecule has 0 bridgehead atoms. The molecule has 0 aromatic heterocycles. The summed E-state index contributed by atoms with van der Waals surface area (Å²) < 4.78 is 16.3. The van der Waals surface area contributed by atoms with Crippen LogP contribution < -0.4 is 14.8 Å². The number of ether oxygens (including phenoxy) is 3. The number of methoxy groups -OCH3 is 2. The zero-order chi connectivity index (χ0) is 19.8. The molecule has 1 heterocycles. The number of nitrogens with one attached hydrogen (secondary N) is 1. The lowest BCUT2D eigenvalue weighted by Gasteiger charge is -2.33. The second kappa shape index (κ2) is 10.1. The van der Waals surface area contributed by atoms with Gasteiger partial charge in [0.2, 0.25) is 0 Å². The minimum Gasteiger partial charge on any atom is -0.497 e. The first-order valence-corrected chi connectivity index (χ1v) is 9.60. The van der Waals surface area contributed by atoms with Crippen molar-refractivity contribution >= 4 is 5.91 Å². The van der Waals surface area contributed by atoms with Crippen molar-refractivity contribution in [3.63, 3.8) is 0 Å². The molecule has 1 amide bonds. The predicted molar refractivity (Wildman–Crippen MR) is 108 cm³/mol. The van der Waals surface area contributed by atoms with Gasteiger partial charge in [0.1, 0.15) is 11.5 Å². The number of hydrogen-bond acceptors (Lipinski definition) is 5. The molecule has 2 aromatic rings. The number of amides is 1. The molecule has 0 saturated carbocycles. The number of carbonyl (C=O) groups is 1. The second-order valence-corrected chi connectivity index (χ2v) is 6.78. The van der Waals surface area contributed by atoms with Crippen LogP contribution in [-0.2, 0) is 4.74 Å². The third kappa shape index (κ3) is 5.47. The number of benzene rings is 2. The van der Waals surface area contributed by atoms with Crippen molar-refractivity contribution in [1.82, 2.24) is 10.2 Å². The van der Waals surface area contributed by atoms with Crippen molar-refractivity contribution in [3.8, 4) is 11.5 Å². The summed E-state index contributed by atoms with van der Waals surface area (Å²) in [6.45, 7) is 4.07. The van der Waals surface area contributed by atoms with E-state index in [2.05, 4.69) is 22.3 Å². The highest BCUT2D eigenvalue weighted by atomic mass is 16.5. The summed E-state index contributed by atoms with van der Waals surface area (Å²) in [6, 6.07) is 15.5. The van der Waals surface area contributed by atoms with E-state index in [-0.39, 0.29) is 12.0 Å². The van der Waals surface area contributed by atoms with E-state index in [1.165, 1.54) is 5.56 Å². The van der Waals surface area contributed by atoms with Gasteiger partial charge < -0.3 is 19.5 Å². The molecule has 1 aliphatic heterocycles. The predicted octanol–water partition coefficient (Wildman–Crippen LogP) is 2.90. The fraction of sp³-hybridized carbons (Fsp3) is 0.409. The van der Waals surface area contributed by atoms with Gasteiger partial charge >= 0.3 is 0 Å². The van der Waals surface area contributed by atoms with Crippen molar-refractivity contribution in [2.45, 2.75) is 12.5 Å². The first kappa shape index (κ1) is 20.2. The lowest BCUT2D eigenvalue weighted by Crippen LogP contribution is -2.39. The molecule has 28 heavy (non-hydrogen) atoms. The fourth-order valence-corrected chi connectivity index (χ4v) is 3.32. The molecular formula is C22H28N2O4. The summed E-state index contributed by atoms with van der Waals surface area (Å²) >= 11 is 0. The van der Waals surface area contributed by atoms with Crippen LogP contribution in [0.5, 0.6) is 11.5 Å². The standard InChI is InChI=1S/C22H28N2O4/c1-26-19-13-18(14-20(15-19)27-2)22(25)23-9-6-10-24-11-12-28-21(16-24)17-7-4-3-5-8-17/h3-5,7-8,13-15,21H,6,9-12,16H2,1-2H3,(H,23,25)/t21-/m0/s1. The monoisotopic (exact) mass is 384 g/mol. The number of rotatable bonds is 8. The SMILES string of the molecule is COc1cc(OC)cc(C(=O)NCCCN2CCO[C@H](c3ccccc3)C2)c1. The molecule has 6 nitrogen and oxygen atoms in total. The molecule has 3 rings (SSSR count). The summed E-state index contributed by atoms with van der Waals surface area (Å²) in [5, 5.41) is 2.98. The van der Waals surface area contributed by atoms with Crippen LogP contribution in [0.25, 0.3) is 0 Å². The molecule has 0 aliphatic carbocycles. The van der Waals surface area contributed by atoms with E-state index >= 15 is 0 Å². The zero-order valence-corrected chi connectivity index (χ0v) is 16.5. The quantitative estimate of drug-likeness (QED) is 0.709. The van der Waals surface area contributed by atoms with E-state index in [4.69, 9.17) is 14.2 Å². The van der Waals surface area contributed by atoms with Crippen LogP contribution in [0.1, 0.15) is 28.4 Å². The average Bonchev–Trinajstić information content (AvgIpc) is 2.77. The van der Waals surface area contributed by atoms with Crippen molar-refractivity contribution in [3.05, 3.63) is 59.7 Å². The van der Waals surface area contributed by atoms with Crippen LogP contribution in [0.3, 0.4) is 0 Å². The third-order valence-corrected chi connectivity index (χ3v) is 4.87. The molecule has 1 saturated heterocycles. The lowest BCUT2D eigenvalue weighted by atomic mass is 10.1. The number of carbonyl (C=O) groups excluding carboxylic acids is 1. The van der Waals surface area contributed by atoms with Crippen LogP contribution in [0, 0.1) is 0 Å². The van der Waals surface area contributed by atoms with E-state index in [0.717, 1.165) is 32.7 Å². The highest BCUT2D eigenvalue weighted by molar-refractivity contribution is 5.95. The van der Waals surface area contributed by atoms with Crippen molar-refractivity contribution < 1.29 is 19.0 Å². The van der Waals surface area contributed by atoms with Gasteiger partial charge in [-0.15, -0.1) is 0 Å². The number of hydrogen-bond donors (Lipinski definition) is 1. The van der Waals surface area contributed by atoms with Crippen molar-refractivity contribution in [2.75, 3.05) is 47.0 Å².